The van der Waals surface area contributed by atoms with Crippen LogP contribution in [0.15, 0.2) is 48.5 Å². The van der Waals surface area contributed by atoms with Gasteiger partial charge in [-0.15, -0.1) is 0 Å². The van der Waals surface area contributed by atoms with Crippen molar-refractivity contribution in [3.8, 4) is 5.75 Å². The number of hydrogen-bond donors (Lipinski definition) is 0. The van der Waals surface area contributed by atoms with Crippen LogP contribution < -0.4 is 4.74 Å². The molecule has 0 aromatic heterocycles. The third kappa shape index (κ3) is 3.24. The molecule has 0 saturated carbocycles. The van der Waals surface area contributed by atoms with Crippen molar-refractivity contribution in [3.63, 3.8) is 0 Å². The van der Waals surface area contributed by atoms with Crippen LogP contribution in [0, 0.1) is 5.82 Å². The minimum absolute atomic E-state index is 0.0912. The van der Waals surface area contributed by atoms with E-state index in [1.54, 1.807) is 12.1 Å². The summed E-state index contributed by atoms with van der Waals surface area (Å²) in [5.74, 6) is 0.506. The molecule has 1 fully saturated rings. The maximum atomic E-state index is 13.3. The Morgan fingerprint density at radius 3 is 2.64 bits per heavy atom. The number of para-hydroxylation sites is 1. The summed E-state index contributed by atoms with van der Waals surface area (Å²) in [4.78, 5) is 16.8. The smallest absolute Gasteiger partial charge is 0.254 e. The van der Waals surface area contributed by atoms with Crippen LogP contribution in [0.2, 0.25) is 0 Å². The first-order valence-electron chi connectivity index (χ1n) is 8.73. The molecule has 4 rings (SSSR count). The largest absolute Gasteiger partial charge is 0.493 e. The van der Waals surface area contributed by atoms with Crippen molar-refractivity contribution in [3.05, 3.63) is 65.5 Å². The van der Waals surface area contributed by atoms with E-state index in [-0.39, 0.29) is 11.7 Å². The average molecular weight is 340 g/mol. The van der Waals surface area contributed by atoms with Crippen LogP contribution in [0.4, 0.5) is 4.39 Å². The number of carbonyl (C=O) groups is 1. The molecule has 2 aromatic carbocycles. The summed E-state index contributed by atoms with van der Waals surface area (Å²) < 4.78 is 19.1. The number of carbonyl (C=O) groups excluding carboxylic acids is 1. The van der Waals surface area contributed by atoms with Crippen molar-refractivity contribution < 1.29 is 13.9 Å². The molecule has 0 N–H and O–H groups in total. The number of nitrogens with zero attached hydrogens (tertiary/aromatic N) is 2. The molecule has 2 aliphatic heterocycles. The minimum atomic E-state index is -0.372. The molecule has 2 heterocycles. The normalized spacial score (nSPS) is 20.7. The van der Waals surface area contributed by atoms with Gasteiger partial charge < -0.3 is 9.64 Å². The second-order valence-electron chi connectivity index (χ2n) is 6.53. The maximum absolute atomic E-state index is 13.3. The topological polar surface area (TPSA) is 32.8 Å². The lowest BCUT2D eigenvalue weighted by Crippen LogP contribution is -2.50. The van der Waals surface area contributed by atoms with Crippen molar-refractivity contribution in [1.82, 2.24) is 9.80 Å². The van der Waals surface area contributed by atoms with E-state index in [9.17, 15) is 9.18 Å². The molecular weight excluding hydrogens is 319 g/mol. The molecule has 1 atom stereocenters. The Morgan fingerprint density at radius 1 is 1.04 bits per heavy atom. The highest BCUT2D eigenvalue weighted by atomic mass is 19.1. The van der Waals surface area contributed by atoms with E-state index in [1.807, 2.05) is 23.1 Å². The lowest BCUT2D eigenvalue weighted by molar-refractivity contribution is 0.0510. The monoisotopic (exact) mass is 340 g/mol. The Kier molecular flexibility index (Phi) is 4.40. The number of halogens is 1. The summed E-state index contributed by atoms with van der Waals surface area (Å²) in [6.07, 6.45) is 0.967. The van der Waals surface area contributed by atoms with Gasteiger partial charge >= 0.3 is 0 Å². The molecule has 0 bridgehead atoms. The molecule has 25 heavy (non-hydrogen) atoms. The van der Waals surface area contributed by atoms with Gasteiger partial charge in [0.25, 0.3) is 5.91 Å². The standard InChI is InChI=1S/C20H21FN2O2/c21-16-5-3-4-15(14-16)20(24)23-11-9-22(10-12-23)18-8-13-25-19-7-2-1-6-17(18)19/h1-7,14,18H,8-13H2. The molecule has 5 heteroatoms. The molecule has 2 aromatic rings. The van der Waals surface area contributed by atoms with E-state index in [4.69, 9.17) is 4.74 Å². The predicted octanol–water partition coefficient (Wildman–Crippen LogP) is 3.11. The second-order valence-corrected chi connectivity index (χ2v) is 6.53. The fourth-order valence-corrected chi connectivity index (χ4v) is 3.74. The molecule has 1 unspecified atom stereocenters. The van der Waals surface area contributed by atoms with Crippen LogP contribution in [0.5, 0.6) is 5.75 Å². The molecule has 2 aliphatic rings. The second kappa shape index (κ2) is 6.84. The van der Waals surface area contributed by atoms with Crippen molar-refractivity contribution >= 4 is 5.91 Å². The minimum Gasteiger partial charge on any atom is -0.493 e. The summed E-state index contributed by atoms with van der Waals surface area (Å²) in [6.45, 7) is 3.69. The molecule has 4 nitrogen and oxygen atoms in total. The van der Waals surface area contributed by atoms with Crippen molar-refractivity contribution in [2.24, 2.45) is 0 Å². The van der Waals surface area contributed by atoms with Gasteiger partial charge in [0.2, 0.25) is 0 Å². The number of fused-ring (bicyclic) bond motifs is 1. The average Bonchev–Trinajstić information content (AvgIpc) is 2.67. The number of benzene rings is 2. The van der Waals surface area contributed by atoms with Gasteiger partial charge in [-0.2, -0.15) is 0 Å². The van der Waals surface area contributed by atoms with Gasteiger partial charge in [-0.25, -0.2) is 4.39 Å². The SMILES string of the molecule is O=C(c1cccc(F)c1)N1CCN(C2CCOc3ccccc32)CC1. The summed E-state index contributed by atoms with van der Waals surface area (Å²) in [5.41, 5.74) is 1.66. The Hall–Kier alpha value is -2.40. The Balaban J connectivity index is 1.43. The molecule has 1 saturated heterocycles. The third-order valence-corrected chi connectivity index (χ3v) is 5.04. The van der Waals surface area contributed by atoms with Crippen LogP contribution in [0.3, 0.4) is 0 Å². The number of ether oxygens (including phenoxy) is 1. The molecule has 0 spiro atoms. The lowest BCUT2D eigenvalue weighted by atomic mass is 9.98. The molecule has 0 aliphatic carbocycles. The van der Waals surface area contributed by atoms with Crippen molar-refractivity contribution in [2.75, 3.05) is 32.8 Å². The first kappa shape index (κ1) is 16.1. The highest BCUT2D eigenvalue weighted by Crippen LogP contribution is 2.36. The first-order chi connectivity index (χ1) is 12.2. The zero-order chi connectivity index (χ0) is 17.2. The zero-order valence-electron chi connectivity index (χ0n) is 14.0. The van der Waals surface area contributed by atoms with Crippen molar-refractivity contribution in [1.29, 1.82) is 0 Å². The van der Waals surface area contributed by atoms with E-state index in [2.05, 4.69) is 11.0 Å². The quantitative estimate of drug-likeness (QED) is 0.842. The van der Waals surface area contributed by atoms with Gasteiger partial charge in [-0.1, -0.05) is 24.3 Å². The van der Waals surface area contributed by atoms with E-state index in [1.165, 1.54) is 17.7 Å². The summed E-state index contributed by atoms with van der Waals surface area (Å²) in [5, 5.41) is 0. The highest BCUT2D eigenvalue weighted by molar-refractivity contribution is 5.94. The van der Waals surface area contributed by atoms with E-state index < -0.39 is 0 Å². The van der Waals surface area contributed by atoms with Gasteiger partial charge in [-0.05, 0) is 24.3 Å². The Morgan fingerprint density at radius 2 is 1.84 bits per heavy atom. The zero-order valence-corrected chi connectivity index (χ0v) is 14.0. The van der Waals surface area contributed by atoms with Crippen LogP contribution in [0.25, 0.3) is 0 Å². The summed E-state index contributed by atoms with van der Waals surface area (Å²) >= 11 is 0. The van der Waals surface area contributed by atoms with Gasteiger partial charge in [0, 0.05) is 49.8 Å². The van der Waals surface area contributed by atoms with Crippen LogP contribution in [-0.4, -0.2) is 48.5 Å². The number of hydrogen-bond acceptors (Lipinski definition) is 3. The predicted molar refractivity (Wildman–Crippen MR) is 93.2 cm³/mol. The van der Waals surface area contributed by atoms with Crippen LogP contribution in [-0.2, 0) is 0 Å². The molecule has 130 valence electrons. The van der Waals surface area contributed by atoms with E-state index in [0.717, 1.165) is 31.9 Å². The van der Waals surface area contributed by atoms with Gasteiger partial charge in [-0.3, -0.25) is 9.69 Å². The summed E-state index contributed by atoms with van der Waals surface area (Å²) in [7, 11) is 0. The Labute approximate surface area is 146 Å². The summed E-state index contributed by atoms with van der Waals surface area (Å²) in [6, 6.07) is 14.5. The van der Waals surface area contributed by atoms with Gasteiger partial charge in [0.05, 0.1) is 6.61 Å². The Bertz CT molecular complexity index is 772. The molecule has 0 radical (unpaired) electrons. The lowest BCUT2D eigenvalue weighted by Gasteiger charge is -2.41. The number of piperazine rings is 1. The number of amides is 1. The van der Waals surface area contributed by atoms with Crippen LogP contribution >= 0.6 is 0 Å². The third-order valence-electron chi connectivity index (χ3n) is 5.04. The van der Waals surface area contributed by atoms with Gasteiger partial charge in [0.15, 0.2) is 0 Å². The van der Waals surface area contributed by atoms with E-state index in [0.29, 0.717) is 24.7 Å². The van der Waals surface area contributed by atoms with Crippen LogP contribution in [0.1, 0.15) is 28.4 Å². The fraction of sp³-hybridized carbons (Fsp3) is 0.350. The maximum Gasteiger partial charge on any atom is 0.254 e. The number of rotatable bonds is 2. The van der Waals surface area contributed by atoms with E-state index >= 15 is 0 Å². The fourth-order valence-electron chi connectivity index (χ4n) is 3.74. The van der Waals surface area contributed by atoms with Gasteiger partial charge in [0.1, 0.15) is 11.6 Å². The molecular formula is C20H21FN2O2. The first-order valence-corrected chi connectivity index (χ1v) is 8.73. The molecule has 1 amide bonds. The van der Waals surface area contributed by atoms with Crippen molar-refractivity contribution in [2.45, 2.75) is 12.5 Å². The highest BCUT2D eigenvalue weighted by Gasteiger charge is 2.30.